The van der Waals surface area contributed by atoms with Crippen LogP contribution in [0.15, 0.2) is 24.3 Å². The van der Waals surface area contributed by atoms with E-state index in [1.54, 1.807) is 16.9 Å². The second-order valence-corrected chi connectivity index (χ2v) is 5.98. The van der Waals surface area contributed by atoms with E-state index in [4.69, 9.17) is 4.74 Å². The van der Waals surface area contributed by atoms with Gasteiger partial charge in [0.05, 0.1) is 7.11 Å². The number of nitrogens with one attached hydrogen (secondary N) is 1. The summed E-state index contributed by atoms with van der Waals surface area (Å²) in [5, 5.41) is 2.77. The van der Waals surface area contributed by atoms with Gasteiger partial charge in [0, 0.05) is 39.6 Å². The molecule has 136 valence electrons. The lowest BCUT2D eigenvalue weighted by Gasteiger charge is -2.34. The molecular formula is C18H25N3O4. The van der Waals surface area contributed by atoms with Crippen molar-refractivity contribution in [1.82, 2.24) is 15.1 Å². The molecular weight excluding hydrogens is 322 g/mol. The normalized spacial score (nSPS) is 14.2. The lowest BCUT2D eigenvalue weighted by Crippen LogP contribution is -2.50. The topological polar surface area (TPSA) is 79.0 Å². The molecule has 7 heteroatoms. The number of carbonyl (C=O) groups is 3. The van der Waals surface area contributed by atoms with Crippen LogP contribution in [0.25, 0.3) is 0 Å². The molecule has 0 atom stereocenters. The third-order valence-corrected chi connectivity index (χ3v) is 4.30. The molecule has 1 aliphatic rings. The molecule has 3 amide bonds. The first-order valence-corrected chi connectivity index (χ1v) is 8.43. The fourth-order valence-corrected chi connectivity index (χ4v) is 2.83. The standard InChI is InChI=1S/C18H25N3O4/c1-14(22)20-9-11-21(12-10-20)18(24)13-17(23)19-8-7-15-5-3-4-6-16(15)25-2/h3-6H,7-13H2,1-2H3,(H,19,23). The number of nitrogens with zero attached hydrogens (tertiary/aromatic N) is 2. The third kappa shape index (κ3) is 5.48. The zero-order valence-electron chi connectivity index (χ0n) is 14.8. The van der Waals surface area contributed by atoms with Gasteiger partial charge >= 0.3 is 0 Å². The van der Waals surface area contributed by atoms with Crippen LogP contribution in [0.5, 0.6) is 5.75 Å². The van der Waals surface area contributed by atoms with E-state index in [1.807, 2.05) is 24.3 Å². The van der Waals surface area contributed by atoms with E-state index in [9.17, 15) is 14.4 Å². The van der Waals surface area contributed by atoms with E-state index in [0.717, 1.165) is 11.3 Å². The van der Waals surface area contributed by atoms with Gasteiger partial charge in [0.2, 0.25) is 17.7 Å². The highest BCUT2D eigenvalue weighted by molar-refractivity contribution is 5.97. The highest BCUT2D eigenvalue weighted by atomic mass is 16.5. The Bertz CT molecular complexity index is 625. The van der Waals surface area contributed by atoms with E-state index >= 15 is 0 Å². The van der Waals surface area contributed by atoms with Crippen LogP contribution in [0.4, 0.5) is 0 Å². The van der Waals surface area contributed by atoms with Crippen LogP contribution in [0.2, 0.25) is 0 Å². The molecule has 1 N–H and O–H groups in total. The van der Waals surface area contributed by atoms with E-state index < -0.39 is 0 Å². The number of methoxy groups -OCH3 is 1. The zero-order valence-corrected chi connectivity index (χ0v) is 14.8. The van der Waals surface area contributed by atoms with Gasteiger partial charge in [-0.05, 0) is 18.1 Å². The summed E-state index contributed by atoms with van der Waals surface area (Å²) in [5.41, 5.74) is 1.01. The lowest BCUT2D eigenvalue weighted by atomic mass is 10.1. The molecule has 0 unspecified atom stereocenters. The van der Waals surface area contributed by atoms with Gasteiger partial charge in [-0.1, -0.05) is 18.2 Å². The molecule has 25 heavy (non-hydrogen) atoms. The van der Waals surface area contributed by atoms with Gasteiger partial charge in [0.1, 0.15) is 12.2 Å². The van der Waals surface area contributed by atoms with Crippen molar-refractivity contribution in [2.24, 2.45) is 0 Å². The van der Waals surface area contributed by atoms with Crippen LogP contribution < -0.4 is 10.1 Å². The van der Waals surface area contributed by atoms with Gasteiger partial charge in [-0.3, -0.25) is 14.4 Å². The average molecular weight is 347 g/mol. The number of amides is 3. The summed E-state index contributed by atoms with van der Waals surface area (Å²) in [4.78, 5) is 38.7. The van der Waals surface area contributed by atoms with Crippen LogP contribution >= 0.6 is 0 Å². The first-order valence-electron chi connectivity index (χ1n) is 8.43. The van der Waals surface area contributed by atoms with Crippen molar-refractivity contribution in [1.29, 1.82) is 0 Å². The Hall–Kier alpha value is -2.57. The Kier molecular flexibility index (Phi) is 6.80. The number of hydrogen-bond acceptors (Lipinski definition) is 4. The maximum absolute atomic E-state index is 12.2. The van der Waals surface area contributed by atoms with Crippen molar-refractivity contribution in [2.45, 2.75) is 19.8 Å². The van der Waals surface area contributed by atoms with E-state index in [2.05, 4.69) is 5.32 Å². The Morgan fingerprint density at radius 1 is 1.08 bits per heavy atom. The summed E-state index contributed by atoms with van der Waals surface area (Å²) in [5.74, 6) is 0.323. The number of piperazine rings is 1. The van der Waals surface area contributed by atoms with E-state index in [1.165, 1.54) is 6.92 Å². The quantitative estimate of drug-likeness (QED) is 0.757. The predicted octanol–water partition coefficient (Wildman–Crippen LogP) is 0.435. The largest absolute Gasteiger partial charge is 0.496 e. The van der Waals surface area contributed by atoms with Gasteiger partial charge in [0.25, 0.3) is 0 Å². The Morgan fingerprint density at radius 3 is 2.36 bits per heavy atom. The molecule has 0 aromatic heterocycles. The summed E-state index contributed by atoms with van der Waals surface area (Å²) >= 11 is 0. The maximum atomic E-state index is 12.2. The predicted molar refractivity (Wildman–Crippen MR) is 93.2 cm³/mol. The molecule has 7 nitrogen and oxygen atoms in total. The molecule has 0 radical (unpaired) electrons. The first kappa shape index (κ1) is 18.8. The molecule has 1 heterocycles. The molecule has 1 aromatic rings. The smallest absolute Gasteiger partial charge is 0.232 e. The maximum Gasteiger partial charge on any atom is 0.232 e. The molecule has 0 bridgehead atoms. The van der Waals surface area contributed by atoms with Crippen molar-refractivity contribution in [2.75, 3.05) is 39.8 Å². The molecule has 1 saturated heterocycles. The van der Waals surface area contributed by atoms with Crippen molar-refractivity contribution >= 4 is 17.7 Å². The monoisotopic (exact) mass is 347 g/mol. The molecule has 1 aromatic carbocycles. The Labute approximate surface area is 147 Å². The van der Waals surface area contributed by atoms with Crippen LogP contribution in [-0.4, -0.2) is 67.4 Å². The van der Waals surface area contributed by atoms with Gasteiger partial charge in [-0.2, -0.15) is 0 Å². The minimum Gasteiger partial charge on any atom is -0.496 e. The van der Waals surface area contributed by atoms with E-state index in [0.29, 0.717) is 39.1 Å². The first-order chi connectivity index (χ1) is 12.0. The van der Waals surface area contributed by atoms with Gasteiger partial charge in [-0.25, -0.2) is 0 Å². The number of carbonyl (C=O) groups excluding carboxylic acids is 3. The number of para-hydroxylation sites is 1. The fraction of sp³-hybridized carbons (Fsp3) is 0.500. The fourth-order valence-electron chi connectivity index (χ4n) is 2.83. The Balaban J connectivity index is 1.71. The summed E-state index contributed by atoms with van der Waals surface area (Å²) < 4.78 is 5.27. The van der Waals surface area contributed by atoms with Crippen LogP contribution in [0.1, 0.15) is 18.9 Å². The molecule has 2 rings (SSSR count). The summed E-state index contributed by atoms with van der Waals surface area (Å²) in [6.45, 7) is 3.98. The molecule has 1 fully saturated rings. The minimum atomic E-state index is -0.283. The summed E-state index contributed by atoms with van der Waals surface area (Å²) in [6, 6.07) is 7.64. The van der Waals surface area contributed by atoms with Crippen molar-refractivity contribution in [3.8, 4) is 5.75 Å². The lowest BCUT2D eigenvalue weighted by molar-refractivity contribution is -0.141. The number of rotatable bonds is 6. The third-order valence-electron chi connectivity index (χ3n) is 4.30. The molecule has 0 saturated carbocycles. The van der Waals surface area contributed by atoms with Gasteiger partial charge in [0.15, 0.2) is 0 Å². The highest BCUT2D eigenvalue weighted by Crippen LogP contribution is 2.17. The van der Waals surface area contributed by atoms with Gasteiger partial charge < -0.3 is 19.9 Å². The molecule has 1 aliphatic heterocycles. The SMILES string of the molecule is COc1ccccc1CCNC(=O)CC(=O)N1CCN(C(C)=O)CC1. The second-order valence-electron chi connectivity index (χ2n) is 5.98. The van der Waals surface area contributed by atoms with Crippen molar-refractivity contribution in [3.63, 3.8) is 0 Å². The molecule has 0 spiro atoms. The van der Waals surface area contributed by atoms with Crippen LogP contribution in [0, 0.1) is 0 Å². The summed E-state index contributed by atoms with van der Waals surface area (Å²) in [7, 11) is 1.61. The van der Waals surface area contributed by atoms with Gasteiger partial charge in [-0.15, -0.1) is 0 Å². The van der Waals surface area contributed by atoms with Crippen LogP contribution in [-0.2, 0) is 20.8 Å². The van der Waals surface area contributed by atoms with Crippen molar-refractivity contribution < 1.29 is 19.1 Å². The van der Waals surface area contributed by atoms with Crippen LogP contribution in [0.3, 0.4) is 0 Å². The number of hydrogen-bond donors (Lipinski definition) is 1. The second kappa shape index (κ2) is 9.05. The summed E-state index contributed by atoms with van der Waals surface area (Å²) in [6.07, 6.45) is 0.479. The molecule has 0 aliphatic carbocycles. The van der Waals surface area contributed by atoms with E-state index in [-0.39, 0.29) is 24.1 Å². The zero-order chi connectivity index (χ0) is 18.2. The number of ether oxygens (including phenoxy) is 1. The Morgan fingerprint density at radius 2 is 1.72 bits per heavy atom. The average Bonchev–Trinajstić information content (AvgIpc) is 2.62. The minimum absolute atomic E-state index is 0.0150. The van der Waals surface area contributed by atoms with Crippen molar-refractivity contribution in [3.05, 3.63) is 29.8 Å². The highest BCUT2D eigenvalue weighted by Gasteiger charge is 2.23. The number of benzene rings is 1.